The number of aryl methyl sites for hydroxylation is 1. The van der Waals surface area contributed by atoms with Crippen LogP contribution in [0.3, 0.4) is 0 Å². The molecule has 0 fully saturated rings. The van der Waals surface area contributed by atoms with Crippen molar-refractivity contribution >= 4 is 13.6 Å². The van der Waals surface area contributed by atoms with Crippen molar-refractivity contribution in [3.8, 4) is 0 Å². The van der Waals surface area contributed by atoms with Crippen molar-refractivity contribution in [1.29, 1.82) is 0 Å². The topological polar surface area (TPSA) is 0 Å². The van der Waals surface area contributed by atoms with Gasteiger partial charge in [-0.05, 0) is 6.92 Å². The van der Waals surface area contributed by atoms with Gasteiger partial charge in [0.05, 0.1) is 0 Å². The molecule has 0 aliphatic rings. The van der Waals surface area contributed by atoms with Crippen molar-refractivity contribution in [1.82, 2.24) is 0 Å². The van der Waals surface area contributed by atoms with Crippen LogP contribution >= 0.6 is 13.6 Å². The van der Waals surface area contributed by atoms with E-state index in [9.17, 15) is 8.78 Å². The van der Waals surface area contributed by atoms with Crippen LogP contribution in [-0.4, -0.2) is 0 Å². The van der Waals surface area contributed by atoms with Gasteiger partial charge in [0.15, 0.2) is 0 Å². The Kier molecular flexibility index (Phi) is 5.68. The first kappa shape index (κ1) is 12.1. The fourth-order valence-corrected chi connectivity index (χ4v) is 0.715. The van der Waals surface area contributed by atoms with Crippen LogP contribution < -0.4 is 0 Å². The molecule has 0 radical (unpaired) electrons. The van der Waals surface area contributed by atoms with Crippen molar-refractivity contribution in [3.05, 3.63) is 41.8 Å². The normalized spacial score (nSPS) is 8.83. The number of rotatable bonds is 0. The first-order valence-corrected chi connectivity index (χ1v) is 10.1. The molecule has 1 rings (SSSR count). The molecule has 0 spiro atoms. The van der Waals surface area contributed by atoms with Crippen LogP contribution in [0, 0.1) is 25.5 Å². The quantitative estimate of drug-likeness (QED) is 0.507. The molecule has 0 aliphatic carbocycles. The Labute approximate surface area is 87.4 Å². The number of halogens is 3. The van der Waals surface area contributed by atoms with Crippen molar-refractivity contribution in [2.45, 2.75) is 6.92 Å². The molecule has 0 aliphatic heterocycles. The van der Waals surface area contributed by atoms with Crippen molar-refractivity contribution < 1.29 is 25.1 Å². The van der Waals surface area contributed by atoms with Crippen LogP contribution in [0.5, 0.6) is 0 Å². The van der Waals surface area contributed by atoms with Gasteiger partial charge in [-0.1, -0.05) is 17.7 Å². The molecule has 62 valence electrons. The van der Waals surface area contributed by atoms with Gasteiger partial charge in [0.2, 0.25) is 0 Å². The molecule has 0 saturated heterocycles. The molecule has 0 saturated carbocycles. The molecule has 0 aromatic heterocycles. The number of benzene rings is 1. The molecule has 1 aromatic carbocycles. The van der Waals surface area contributed by atoms with E-state index in [1.807, 2.05) is 0 Å². The molecule has 0 amide bonds. The molecular formula is C8H7BrF2Zn. The maximum atomic E-state index is 12.7. The van der Waals surface area contributed by atoms with E-state index in [0.29, 0.717) is 5.56 Å². The van der Waals surface area contributed by atoms with E-state index in [0.717, 1.165) is 0 Å². The van der Waals surface area contributed by atoms with E-state index in [1.54, 1.807) is 6.92 Å². The summed E-state index contributed by atoms with van der Waals surface area (Å²) in [5, 5.41) is 0. The molecule has 12 heavy (non-hydrogen) atoms. The van der Waals surface area contributed by atoms with Crippen molar-refractivity contribution in [3.63, 3.8) is 0 Å². The minimum atomic E-state index is -0.594. The van der Waals surface area contributed by atoms with E-state index in [4.69, 9.17) is 0 Å². The van der Waals surface area contributed by atoms with Crippen molar-refractivity contribution in [2.24, 2.45) is 0 Å². The Morgan fingerprint density at radius 2 is 1.83 bits per heavy atom. The average Bonchev–Trinajstić information content (AvgIpc) is 2.12. The molecular weight excluding hydrogens is 279 g/mol. The van der Waals surface area contributed by atoms with E-state index in [2.05, 4.69) is 20.5 Å². The van der Waals surface area contributed by atoms with Crippen LogP contribution in [0.15, 0.2) is 12.1 Å². The minimum absolute atomic E-state index is 0.153. The average molecular weight is 286 g/mol. The van der Waals surface area contributed by atoms with Crippen LogP contribution in [0.2, 0.25) is 0 Å². The van der Waals surface area contributed by atoms with Crippen LogP contribution in [0.4, 0.5) is 8.78 Å². The standard InChI is InChI=1S/C8H7F2.BrH.Zn/c1-5-3-4-7(9)6(2)8(5)10;;/h3-4H,2H2,1H3;1H;/q-1;;+2/p-1. The zero-order valence-corrected chi connectivity index (χ0v) is 11.3. The summed E-state index contributed by atoms with van der Waals surface area (Å²) in [4.78, 5) is 0. The predicted octanol–water partition coefficient (Wildman–Crippen LogP) is 3.30. The van der Waals surface area contributed by atoms with Crippen LogP contribution in [0.25, 0.3) is 0 Å². The van der Waals surface area contributed by atoms with Gasteiger partial charge in [-0.3, -0.25) is 8.78 Å². The summed E-state index contributed by atoms with van der Waals surface area (Å²) in [7, 11) is 0. The zero-order chi connectivity index (χ0) is 9.72. The third-order valence-electron chi connectivity index (χ3n) is 1.38. The second-order valence-electron chi connectivity index (χ2n) is 2.16. The molecule has 0 heterocycles. The molecule has 4 heteroatoms. The summed E-state index contributed by atoms with van der Waals surface area (Å²) >= 11 is 4.25. The monoisotopic (exact) mass is 284 g/mol. The van der Waals surface area contributed by atoms with Gasteiger partial charge in [0.1, 0.15) is 0 Å². The first-order chi connectivity index (χ1) is 5.63. The van der Waals surface area contributed by atoms with E-state index in [1.165, 1.54) is 28.5 Å². The molecule has 1 aromatic rings. The second-order valence-corrected chi connectivity index (χ2v) is 2.16. The second kappa shape index (κ2) is 5.66. The van der Waals surface area contributed by atoms with E-state index >= 15 is 0 Å². The van der Waals surface area contributed by atoms with E-state index in [-0.39, 0.29) is 5.56 Å². The number of hydrogen-bond donors (Lipinski definition) is 0. The third kappa shape index (κ3) is 2.83. The van der Waals surface area contributed by atoms with Gasteiger partial charge < -0.3 is 0 Å². The number of hydrogen-bond acceptors (Lipinski definition) is 0. The molecule has 0 N–H and O–H groups in total. The molecule has 0 atom stereocenters. The summed E-state index contributed by atoms with van der Waals surface area (Å²) in [6.07, 6.45) is 0. The first-order valence-electron chi connectivity index (χ1n) is 3.16. The van der Waals surface area contributed by atoms with Gasteiger partial charge in [0, 0.05) is 11.6 Å². The van der Waals surface area contributed by atoms with Crippen LogP contribution in [-0.2, 0) is 16.3 Å². The summed E-state index contributed by atoms with van der Waals surface area (Å²) in [5.74, 6) is -1.15. The van der Waals surface area contributed by atoms with Gasteiger partial charge in [-0.15, -0.1) is 5.56 Å². The third-order valence-corrected chi connectivity index (χ3v) is 1.38. The predicted molar refractivity (Wildman–Crippen MR) is 44.5 cm³/mol. The van der Waals surface area contributed by atoms with Crippen molar-refractivity contribution in [2.75, 3.05) is 0 Å². The Hall–Kier alpha value is 0.0534. The Morgan fingerprint density at radius 3 is 2.25 bits per heavy atom. The summed E-state index contributed by atoms with van der Waals surface area (Å²) in [5.41, 5.74) is 0.270. The van der Waals surface area contributed by atoms with Gasteiger partial charge in [0.25, 0.3) is 0 Å². The molecule has 0 unspecified atom stereocenters. The molecule has 0 bridgehead atoms. The maximum absolute atomic E-state index is 12.7. The summed E-state index contributed by atoms with van der Waals surface area (Å²) in [6, 6.07) is 2.60. The fourth-order valence-electron chi connectivity index (χ4n) is 0.715. The van der Waals surface area contributed by atoms with Gasteiger partial charge >= 0.3 is 30.0 Å². The Bertz CT molecular complexity index is 236. The van der Waals surface area contributed by atoms with Crippen LogP contribution in [0.1, 0.15) is 11.1 Å². The Morgan fingerprint density at radius 1 is 1.33 bits per heavy atom. The molecule has 0 nitrogen and oxygen atoms in total. The zero-order valence-electron chi connectivity index (χ0n) is 6.70. The van der Waals surface area contributed by atoms with Gasteiger partial charge in [-0.25, -0.2) is 0 Å². The summed E-state index contributed by atoms with van der Waals surface area (Å²) < 4.78 is 25.1. The fraction of sp³-hybridized carbons (Fsp3) is 0.125. The summed E-state index contributed by atoms with van der Waals surface area (Å²) in [6.45, 7) is 4.80. The Balaban J connectivity index is 0.000000561. The van der Waals surface area contributed by atoms with E-state index < -0.39 is 11.6 Å². The van der Waals surface area contributed by atoms with Gasteiger partial charge in [-0.2, -0.15) is 6.92 Å². The SMILES string of the molecule is [CH2-]c1c(F)ccc(C)c1F.[Zn+][Br].